The molecule has 7 nitrogen and oxygen atoms in total. The van der Waals surface area contributed by atoms with Gasteiger partial charge in [-0.1, -0.05) is 0 Å². The van der Waals surface area contributed by atoms with Crippen molar-refractivity contribution in [1.29, 1.82) is 0 Å². The molecule has 0 amide bonds. The quantitative estimate of drug-likeness (QED) is 0.630. The molecular weight excluding hydrogens is 278 g/mol. The first-order valence-corrected chi connectivity index (χ1v) is 5.21. The van der Waals surface area contributed by atoms with Crippen LogP contribution in [0, 0.1) is 10.1 Å². The van der Waals surface area contributed by atoms with Crippen LogP contribution in [0.2, 0.25) is 0 Å². The van der Waals surface area contributed by atoms with E-state index < -0.39 is 4.92 Å². The number of nitrogens with zero attached hydrogens (tertiary/aromatic N) is 5. The van der Waals surface area contributed by atoms with Gasteiger partial charge in [0.25, 0.3) is 0 Å². The Morgan fingerprint density at radius 3 is 2.88 bits per heavy atom. The molecular formula is C8H8BrN5O2. The van der Waals surface area contributed by atoms with Crippen molar-refractivity contribution in [3.8, 4) is 0 Å². The Kier molecular flexibility index (Phi) is 2.73. The van der Waals surface area contributed by atoms with E-state index in [1.165, 1.54) is 4.68 Å². The Balaban J connectivity index is 2.26. The van der Waals surface area contributed by atoms with Gasteiger partial charge in [-0.15, -0.1) is 0 Å². The lowest BCUT2D eigenvalue weighted by Gasteiger charge is -1.97. The Hall–Kier alpha value is -1.70. The van der Waals surface area contributed by atoms with E-state index >= 15 is 0 Å². The summed E-state index contributed by atoms with van der Waals surface area (Å²) in [7, 11) is 1.86. The molecule has 0 saturated carbocycles. The zero-order chi connectivity index (χ0) is 11.7. The van der Waals surface area contributed by atoms with Crippen molar-refractivity contribution in [2.45, 2.75) is 6.54 Å². The second-order valence-electron chi connectivity index (χ2n) is 3.21. The van der Waals surface area contributed by atoms with Gasteiger partial charge in [-0.25, -0.2) is 4.98 Å². The molecule has 16 heavy (non-hydrogen) atoms. The smallest absolute Gasteiger partial charge is 0.358 e. The summed E-state index contributed by atoms with van der Waals surface area (Å²) in [6, 6.07) is 0. The predicted octanol–water partition coefficient (Wildman–Crippen LogP) is 1.34. The van der Waals surface area contributed by atoms with Crippen LogP contribution in [0.4, 0.5) is 5.82 Å². The van der Waals surface area contributed by atoms with Gasteiger partial charge in [-0.05, 0) is 20.9 Å². The number of halogens is 1. The first-order valence-electron chi connectivity index (χ1n) is 4.41. The molecule has 84 valence electrons. The highest BCUT2D eigenvalue weighted by Gasteiger charge is 2.19. The van der Waals surface area contributed by atoms with Crippen molar-refractivity contribution in [2.24, 2.45) is 7.05 Å². The van der Waals surface area contributed by atoms with E-state index in [2.05, 4.69) is 26.0 Å². The van der Waals surface area contributed by atoms with Gasteiger partial charge in [0.15, 0.2) is 0 Å². The normalized spacial score (nSPS) is 10.6. The van der Waals surface area contributed by atoms with Gasteiger partial charge in [-0.3, -0.25) is 0 Å². The zero-order valence-corrected chi connectivity index (χ0v) is 9.96. The van der Waals surface area contributed by atoms with Crippen molar-refractivity contribution < 1.29 is 4.92 Å². The third kappa shape index (κ3) is 1.96. The topological polar surface area (TPSA) is 78.8 Å². The van der Waals surface area contributed by atoms with Crippen LogP contribution < -0.4 is 0 Å². The van der Waals surface area contributed by atoms with Gasteiger partial charge in [0.2, 0.25) is 0 Å². The Morgan fingerprint density at radius 2 is 2.38 bits per heavy atom. The van der Waals surface area contributed by atoms with E-state index in [1.54, 1.807) is 12.4 Å². The number of rotatable bonds is 3. The summed E-state index contributed by atoms with van der Waals surface area (Å²) >= 11 is 3.09. The average molecular weight is 286 g/mol. The molecule has 0 saturated heterocycles. The number of hydrogen-bond donors (Lipinski definition) is 0. The predicted molar refractivity (Wildman–Crippen MR) is 58.9 cm³/mol. The summed E-state index contributed by atoms with van der Waals surface area (Å²) < 4.78 is 3.68. The summed E-state index contributed by atoms with van der Waals surface area (Å²) in [5.74, 6) is 0.596. The second kappa shape index (κ2) is 4.05. The molecule has 0 aromatic carbocycles. The summed E-state index contributed by atoms with van der Waals surface area (Å²) in [6.45, 7) is 0.399. The highest BCUT2D eigenvalue weighted by Crippen LogP contribution is 2.22. The first kappa shape index (κ1) is 10.8. The molecule has 0 atom stereocenters. The van der Waals surface area contributed by atoms with Crippen LogP contribution in [0.5, 0.6) is 0 Å². The van der Waals surface area contributed by atoms with Gasteiger partial charge in [0.1, 0.15) is 16.8 Å². The van der Waals surface area contributed by atoms with Gasteiger partial charge in [-0.2, -0.15) is 4.68 Å². The summed E-state index contributed by atoms with van der Waals surface area (Å²) in [5.41, 5.74) is 0. The molecule has 0 aliphatic heterocycles. The molecule has 0 unspecified atom stereocenters. The lowest BCUT2D eigenvalue weighted by atomic mass is 10.6. The van der Waals surface area contributed by atoms with Crippen molar-refractivity contribution in [2.75, 3.05) is 0 Å². The number of imidazole rings is 1. The van der Waals surface area contributed by atoms with Crippen LogP contribution in [0.15, 0.2) is 23.1 Å². The molecule has 0 spiro atoms. The van der Waals surface area contributed by atoms with Gasteiger partial charge in [0, 0.05) is 19.4 Å². The van der Waals surface area contributed by atoms with E-state index in [9.17, 15) is 10.1 Å². The van der Waals surface area contributed by atoms with E-state index in [-0.39, 0.29) is 5.82 Å². The maximum atomic E-state index is 10.6. The number of hydrogen-bond acceptors (Lipinski definition) is 4. The van der Waals surface area contributed by atoms with E-state index in [4.69, 9.17) is 0 Å². The Morgan fingerprint density at radius 1 is 1.62 bits per heavy atom. The van der Waals surface area contributed by atoms with Gasteiger partial charge in [0.05, 0.1) is 11.3 Å². The lowest BCUT2D eigenvalue weighted by molar-refractivity contribution is -0.390. The molecule has 2 heterocycles. The molecule has 0 aliphatic carbocycles. The van der Waals surface area contributed by atoms with Crippen LogP contribution in [-0.4, -0.2) is 24.3 Å². The molecule has 0 fully saturated rings. The standard InChI is InChI=1S/C8H8BrN5O2/c1-12-3-2-10-7(12)5-13-4-6(9)8(11-13)14(15)16/h2-4H,5H2,1H3. The third-order valence-corrected chi connectivity index (χ3v) is 2.66. The first-order chi connectivity index (χ1) is 7.58. The fraction of sp³-hybridized carbons (Fsp3) is 0.250. The highest BCUT2D eigenvalue weighted by molar-refractivity contribution is 9.10. The SMILES string of the molecule is Cn1ccnc1Cn1cc(Br)c([N+](=O)[O-])n1. The maximum absolute atomic E-state index is 10.6. The summed E-state index contributed by atoms with van der Waals surface area (Å²) in [5, 5.41) is 14.4. The lowest BCUT2D eigenvalue weighted by Crippen LogP contribution is -2.06. The molecule has 2 aromatic heterocycles. The minimum atomic E-state index is -0.529. The molecule has 0 radical (unpaired) electrons. The van der Waals surface area contributed by atoms with Crippen LogP contribution in [0.3, 0.4) is 0 Å². The minimum absolute atomic E-state index is 0.186. The van der Waals surface area contributed by atoms with Crippen LogP contribution in [0.25, 0.3) is 0 Å². The Bertz CT molecular complexity index is 532. The van der Waals surface area contributed by atoms with Gasteiger partial charge < -0.3 is 14.7 Å². The van der Waals surface area contributed by atoms with Crippen LogP contribution in [-0.2, 0) is 13.6 Å². The Labute approximate surface area is 99.0 Å². The molecule has 0 N–H and O–H groups in total. The summed E-state index contributed by atoms with van der Waals surface area (Å²) in [4.78, 5) is 14.2. The van der Waals surface area contributed by atoms with Crippen LogP contribution in [0.1, 0.15) is 5.82 Å². The third-order valence-electron chi connectivity index (χ3n) is 2.10. The monoisotopic (exact) mass is 285 g/mol. The van der Waals surface area contributed by atoms with Gasteiger partial charge >= 0.3 is 5.82 Å². The number of aryl methyl sites for hydroxylation is 1. The molecule has 8 heteroatoms. The van der Waals surface area contributed by atoms with Crippen molar-refractivity contribution >= 4 is 21.7 Å². The second-order valence-corrected chi connectivity index (χ2v) is 4.06. The van der Waals surface area contributed by atoms with Crippen molar-refractivity contribution in [1.82, 2.24) is 19.3 Å². The largest absolute Gasteiger partial charge is 0.404 e. The average Bonchev–Trinajstić information content (AvgIpc) is 2.75. The van der Waals surface area contributed by atoms with E-state index in [1.807, 2.05) is 17.8 Å². The van der Waals surface area contributed by atoms with Crippen molar-refractivity contribution in [3.63, 3.8) is 0 Å². The fourth-order valence-corrected chi connectivity index (χ4v) is 1.75. The minimum Gasteiger partial charge on any atom is -0.358 e. The molecule has 2 aromatic rings. The number of nitro groups is 1. The molecule has 2 rings (SSSR count). The number of aromatic nitrogens is 4. The van der Waals surface area contributed by atoms with E-state index in [0.717, 1.165) is 5.82 Å². The maximum Gasteiger partial charge on any atom is 0.404 e. The highest BCUT2D eigenvalue weighted by atomic mass is 79.9. The fourth-order valence-electron chi connectivity index (χ4n) is 1.29. The van der Waals surface area contributed by atoms with Crippen molar-refractivity contribution in [3.05, 3.63) is 39.0 Å². The molecule has 0 aliphatic rings. The van der Waals surface area contributed by atoms with E-state index in [0.29, 0.717) is 11.0 Å². The van der Waals surface area contributed by atoms with Crippen LogP contribution >= 0.6 is 15.9 Å². The molecule has 0 bridgehead atoms. The zero-order valence-electron chi connectivity index (χ0n) is 8.37. The summed E-state index contributed by atoms with van der Waals surface area (Å²) in [6.07, 6.45) is 5.04.